The van der Waals surface area contributed by atoms with Crippen molar-refractivity contribution in [3.05, 3.63) is 32.9 Å². The molecule has 0 spiro atoms. The van der Waals surface area contributed by atoms with Gasteiger partial charge in [-0.05, 0) is 0 Å². The van der Waals surface area contributed by atoms with Crippen LogP contribution in [0, 0.1) is 5.82 Å². The zero-order valence-electron chi connectivity index (χ0n) is 6.17. The summed E-state index contributed by atoms with van der Waals surface area (Å²) in [7, 11) is 0.627. The SMILES string of the molecule is O=c1c(F)cn([SiH3])c(=O)n1[SiH3]. The standard InChI is InChI=1S/C4H7FN2O2Si2/c5-2-1-6(10)4(9)7(11)3(2)8/h1H,10-11H3. The molecule has 0 atom stereocenters. The van der Waals surface area contributed by atoms with Gasteiger partial charge in [-0.1, -0.05) is 0 Å². The van der Waals surface area contributed by atoms with Gasteiger partial charge < -0.3 is 4.23 Å². The second-order valence-electron chi connectivity index (χ2n) is 2.23. The van der Waals surface area contributed by atoms with Crippen molar-refractivity contribution in [2.24, 2.45) is 0 Å². The van der Waals surface area contributed by atoms with Gasteiger partial charge in [0, 0.05) is 6.20 Å². The number of halogens is 1. The van der Waals surface area contributed by atoms with Gasteiger partial charge in [-0.25, -0.2) is 4.79 Å². The maximum absolute atomic E-state index is 12.6. The van der Waals surface area contributed by atoms with Crippen LogP contribution < -0.4 is 11.2 Å². The van der Waals surface area contributed by atoms with E-state index in [1.54, 1.807) is 0 Å². The Labute approximate surface area is 67.3 Å². The minimum atomic E-state index is -0.852. The maximum atomic E-state index is 12.6. The van der Waals surface area contributed by atoms with Gasteiger partial charge in [0.05, 0.1) is 0 Å². The molecule has 11 heavy (non-hydrogen) atoms. The van der Waals surface area contributed by atoms with Gasteiger partial charge in [0.1, 0.15) is 20.8 Å². The van der Waals surface area contributed by atoms with Gasteiger partial charge in [-0.15, -0.1) is 0 Å². The Morgan fingerprint density at radius 3 is 2.45 bits per heavy atom. The van der Waals surface area contributed by atoms with Crippen molar-refractivity contribution < 1.29 is 4.39 Å². The number of aromatic nitrogens is 2. The van der Waals surface area contributed by atoms with E-state index >= 15 is 0 Å². The first-order chi connectivity index (χ1) is 5.04. The summed E-state index contributed by atoms with van der Waals surface area (Å²) in [6.07, 6.45) is 0.950. The topological polar surface area (TPSA) is 44.0 Å². The molecule has 0 saturated heterocycles. The minimum Gasteiger partial charge on any atom is -0.335 e. The van der Waals surface area contributed by atoms with Crippen LogP contribution >= 0.6 is 0 Å². The lowest BCUT2D eigenvalue weighted by molar-refractivity contribution is 0.586. The quantitative estimate of drug-likeness (QED) is 0.397. The van der Waals surface area contributed by atoms with Crippen LogP contribution in [-0.2, 0) is 0 Å². The Balaban J connectivity index is 3.74. The number of nitrogens with zero attached hydrogens (tertiary/aromatic N) is 2. The molecule has 0 N–H and O–H groups in total. The fraction of sp³-hybridized carbons (Fsp3) is 0. The van der Waals surface area contributed by atoms with E-state index in [0.717, 1.165) is 10.4 Å². The van der Waals surface area contributed by atoms with Gasteiger partial charge in [0.15, 0.2) is 0 Å². The van der Waals surface area contributed by atoms with Crippen LogP contribution in [0.2, 0.25) is 0 Å². The smallest absolute Gasteiger partial charge is 0.313 e. The van der Waals surface area contributed by atoms with Gasteiger partial charge in [-0.3, -0.25) is 9.03 Å². The molecule has 0 aliphatic heterocycles. The summed E-state index contributed by atoms with van der Waals surface area (Å²) >= 11 is 0. The highest BCUT2D eigenvalue weighted by atomic mass is 28.2. The molecule has 0 saturated carbocycles. The first-order valence-electron chi connectivity index (χ1n) is 2.96. The minimum absolute atomic E-state index is 0.229. The zero-order valence-corrected chi connectivity index (χ0v) is 10.2. The third-order valence-electron chi connectivity index (χ3n) is 1.40. The van der Waals surface area contributed by atoms with Gasteiger partial charge >= 0.3 is 5.69 Å². The molecule has 0 aliphatic carbocycles. The first kappa shape index (κ1) is 8.14. The Hall–Kier alpha value is -0.956. The molecule has 4 nitrogen and oxygen atoms in total. The molecule has 1 heterocycles. The Morgan fingerprint density at radius 1 is 1.36 bits per heavy atom. The number of hydrogen-bond acceptors (Lipinski definition) is 2. The van der Waals surface area contributed by atoms with Crippen molar-refractivity contribution in [2.75, 3.05) is 0 Å². The molecular weight excluding hydrogens is 183 g/mol. The van der Waals surface area contributed by atoms with Crippen molar-refractivity contribution in [1.29, 1.82) is 0 Å². The second-order valence-corrected chi connectivity index (χ2v) is 4.09. The highest BCUT2D eigenvalue weighted by Crippen LogP contribution is 1.79. The monoisotopic (exact) mass is 190 g/mol. The summed E-state index contributed by atoms with van der Waals surface area (Å²) in [6, 6.07) is 0. The molecule has 0 fully saturated rings. The largest absolute Gasteiger partial charge is 0.335 e. The Bertz CT molecular complexity index is 362. The Kier molecular flexibility index (Phi) is 1.91. The number of hydrogen-bond donors (Lipinski definition) is 0. The van der Waals surface area contributed by atoms with Crippen molar-refractivity contribution in [2.45, 2.75) is 0 Å². The molecule has 0 unspecified atom stereocenters. The Morgan fingerprint density at radius 2 is 1.91 bits per heavy atom. The van der Waals surface area contributed by atoms with Crippen LogP contribution in [0.25, 0.3) is 0 Å². The lowest BCUT2D eigenvalue weighted by atomic mass is 10.6. The van der Waals surface area contributed by atoms with Crippen molar-refractivity contribution in [3.8, 4) is 0 Å². The molecule has 0 aliphatic rings. The summed E-state index contributed by atoms with van der Waals surface area (Å²) in [5, 5.41) is 0. The summed E-state index contributed by atoms with van der Waals surface area (Å²) in [5.74, 6) is -0.852. The van der Waals surface area contributed by atoms with Gasteiger partial charge in [-0.2, -0.15) is 4.39 Å². The average molecular weight is 190 g/mol. The molecule has 7 heteroatoms. The van der Waals surface area contributed by atoms with Crippen molar-refractivity contribution >= 4 is 20.8 Å². The number of rotatable bonds is 0. The van der Waals surface area contributed by atoms with Crippen LogP contribution in [-0.4, -0.2) is 29.3 Å². The van der Waals surface area contributed by atoms with Crippen LogP contribution in [0.5, 0.6) is 0 Å². The van der Waals surface area contributed by atoms with E-state index in [2.05, 4.69) is 0 Å². The fourth-order valence-electron chi connectivity index (χ4n) is 0.764. The summed E-state index contributed by atoms with van der Waals surface area (Å²) in [5.41, 5.74) is -1.22. The predicted octanol–water partition coefficient (Wildman–Crippen LogP) is -3.59. The van der Waals surface area contributed by atoms with Gasteiger partial charge in [0.2, 0.25) is 5.82 Å². The maximum Gasteiger partial charge on any atom is 0.313 e. The first-order valence-corrected chi connectivity index (χ1v) is 4.75. The van der Waals surface area contributed by atoms with Crippen LogP contribution in [0.3, 0.4) is 0 Å². The predicted molar refractivity (Wildman–Crippen MR) is 45.6 cm³/mol. The van der Waals surface area contributed by atoms with E-state index in [4.69, 9.17) is 0 Å². The average Bonchev–Trinajstić information content (AvgIpc) is 1.97. The molecule has 1 aromatic rings. The van der Waals surface area contributed by atoms with E-state index in [1.165, 1.54) is 4.23 Å². The highest BCUT2D eigenvalue weighted by Gasteiger charge is 2.03. The lowest BCUT2D eigenvalue weighted by Crippen LogP contribution is -2.39. The molecule has 60 valence electrons. The zero-order chi connectivity index (χ0) is 8.59. The second kappa shape index (κ2) is 2.59. The van der Waals surface area contributed by atoms with Crippen LogP contribution in [0.1, 0.15) is 0 Å². The summed E-state index contributed by atoms with van der Waals surface area (Å²) in [4.78, 5) is 21.7. The third kappa shape index (κ3) is 1.24. The summed E-state index contributed by atoms with van der Waals surface area (Å²) < 4.78 is 14.6. The molecule has 0 aromatic carbocycles. The highest BCUT2D eigenvalue weighted by molar-refractivity contribution is 6.08. The molecule has 0 bridgehead atoms. The fourth-order valence-corrected chi connectivity index (χ4v) is 2.22. The van der Waals surface area contributed by atoms with E-state index in [1.807, 2.05) is 0 Å². The van der Waals surface area contributed by atoms with Crippen LogP contribution in [0.4, 0.5) is 4.39 Å². The van der Waals surface area contributed by atoms with Crippen molar-refractivity contribution in [3.63, 3.8) is 0 Å². The normalized spacial score (nSPS) is 10.6. The molecular formula is C4H7FN2O2Si2. The van der Waals surface area contributed by atoms with Crippen molar-refractivity contribution in [1.82, 2.24) is 8.47 Å². The third-order valence-corrected chi connectivity index (χ3v) is 2.83. The molecule has 0 amide bonds. The van der Waals surface area contributed by atoms with Gasteiger partial charge in [0.25, 0.3) is 5.56 Å². The summed E-state index contributed by atoms with van der Waals surface area (Å²) in [6.45, 7) is 0. The van der Waals surface area contributed by atoms with Crippen LogP contribution in [0.15, 0.2) is 15.8 Å². The van der Waals surface area contributed by atoms with E-state index in [0.29, 0.717) is 10.4 Å². The van der Waals surface area contributed by atoms with E-state index in [-0.39, 0.29) is 10.4 Å². The van der Waals surface area contributed by atoms with E-state index < -0.39 is 17.1 Å². The molecule has 1 aromatic heterocycles. The van der Waals surface area contributed by atoms with E-state index in [9.17, 15) is 14.0 Å². The molecule has 1 rings (SSSR count). The molecule has 0 radical (unpaired) electrons. The lowest BCUT2D eigenvalue weighted by Gasteiger charge is -2.00.